The number of methoxy groups -OCH3 is 1. The number of halogens is 2. The van der Waals surface area contributed by atoms with E-state index in [2.05, 4.69) is 15.8 Å². The second-order valence-corrected chi connectivity index (χ2v) is 5.74. The van der Waals surface area contributed by atoms with E-state index >= 15 is 0 Å². The highest BCUT2D eigenvalue weighted by molar-refractivity contribution is 7.98. The lowest BCUT2D eigenvalue weighted by molar-refractivity contribution is 0.387. The lowest BCUT2D eigenvalue weighted by Gasteiger charge is -2.08. The average molecular weight is 317 g/mol. The van der Waals surface area contributed by atoms with Crippen molar-refractivity contribution in [1.82, 2.24) is 9.55 Å². The van der Waals surface area contributed by atoms with Crippen molar-refractivity contribution in [3.63, 3.8) is 0 Å². The van der Waals surface area contributed by atoms with Gasteiger partial charge in [-0.2, -0.15) is 11.8 Å². The summed E-state index contributed by atoms with van der Waals surface area (Å²) in [6.07, 6.45) is 4.29. The van der Waals surface area contributed by atoms with Gasteiger partial charge in [-0.05, 0) is 24.9 Å². The van der Waals surface area contributed by atoms with Crippen LogP contribution < -0.4 is 4.74 Å². The van der Waals surface area contributed by atoms with Gasteiger partial charge >= 0.3 is 0 Å². The number of hydrogen-bond donors (Lipinski definition) is 0. The van der Waals surface area contributed by atoms with E-state index in [0.717, 1.165) is 36.5 Å². The Kier molecular flexibility index (Phi) is 5.54. The molecule has 0 radical (unpaired) electrons. The second kappa shape index (κ2) is 7.18. The summed E-state index contributed by atoms with van der Waals surface area (Å²) >= 11 is 7.78. The quantitative estimate of drug-likeness (QED) is 0.569. The molecule has 20 heavy (non-hydrogen) atoms. The third kappa shape index (κ3) is 3.20. The van der Waals surface area contributed by atoms with Crippen LogP contribution >= 0.6 is 23.4 Å². The van der Waals surface area contributed by atoms with Crippen LogP contribution in [0.3, 0.4) is 0 Å². The van der Waals surface area contributed by atoms with E-state index in [9.17, 15) is 4.39 Å². The van der Waals surface area contributed by atoms with Crippen molar-refractivity contribution in [2.45, 2.75) is 25.3 Å². The standard InChI is InChI=1S/C14H18ClFN2OS/c1-19-13-8-12-11(7-10(13)16)17-14(9-15)18(12)5-3-4-6-20-2/h7-8H,3-6,9H2,1-2H3. The zero-order valence-corrected chi connectivity index (χ0v) is 13.2. The van der Waals surface area contributed by atoms with Gasteiger partial charge in [0.1, 0.15) is 5.82 Å². The Balaban J connectivity index is 2.34. The minimum atomic E-state index is -0.395. The van der Waals surface area contributed by atoms with Crippen LogP contribution in [-0.2, 0) is 12.4 Å². The average Bonchev–Trinajstić information content (AvgIpc) is 2.79. The minimum Gasteiger partial charge on any atom is -0.494 e. The Morgan fingerprint density at radius 1 is 1.40 bits per heavy atom. The summed E-state index contributed by atoms with van der Waals surface area (Å²) in [5.74, 6) is 2.08. The first-order valence-electron chi connectivity index (χ1n) is 6.48. The van der Waals surface area contributed by atoms with Crippen molar-refractivity contribution in [3.05, 3.63) is 23.8 Å². The predicted molar refractivity (Wildman–Crippen MR) is 83.4 cm³/mol. The van der Waals surface area contributed by atoms with Gasteiger partial charge in [-0.25, -0.2) is 9.37 Å². The monoisotopic (exact) mass is 316 g/mol. The van der Waals surface area contributed by atoms with Crippen molar-refractivity contribution < 1.29 is 9.13 Å². The lowest BCUT2D eigenvalue weighted by atomic mass is 10.2. The molecule has 0 spiro atoms. The van der Waals surface area contributed by atoms with E-state index in [-0.39, 0.29) is 5.75 Å². The van der Waals surface area contributed by atoms with Gasteiger partial charge in [0.05, 0.1) is 24.0 Å². The zero-order valence-electron chi connectivity index (χ0n) is 11.7. The maximum atomic E-state index is 13.7. The van der Waals surface area contributed by atoms with Gasteiger partial charge in [-0.1, -0.05) is 0 Å². The summed E-state index contributed by atoms with van der Waals surface area (Å²) < 4.78 is 20.8. The van der Waals surface area contributed by atoms with Crippen LogP contribution in [0.1, 0.15) is 18.7 Å². The van der Waals surface area contributed by atoms with Crippen LogP contribution in [0.2, 0.25) is 0 Å². The van der Waals surface area contributed by atoms with Crippen LogP contribution in [0, 0.1) is 5.82 Å². The first-order chi connectivity index (χ1) is 9.71. The highest BCUT2D eigenvalue weighted by Gasteiger charge is 2.13. The van der Waals surface area contributed by atoms with Crippen LogP contribution in [0.25, 0.3) is 11.0 Å². The van der Waals surface area contributed by atoms with E-state index in [1.807, 2.05) is 11.8 Å². The number of fused-ring (bicyclic) bond motifs is 1. The van der Waals surface area contributed by atoms with Gasteiger partial charge in [0.15, 0.2) is 11.6 Å². The smallest absolute Gasteiger partial charge is 0.167 e. The largest absolute Gasteiger partial charge is 0.494 e. The summed E-state index contributed by atoms with van der Waals surface area (Å²) in [5.41, 5.74) is 1.51. The third-order valence-electron chi connectivity index (χ3n) is 3.20. The summed E-state index contributed by atoms with van der Waals surface area (Å²) in [7, 11) is 1.46. The van der Waals surface area contributed by atoms with E-state index < -0.39 is 5.82 Å². The van der Waals surface area contributed by atoms with Gasteiger partial charge in [-0.3, -0.25) is 0 Å². The molecule has 110 valence electrons. The summed E-state index contributed by atoms with van der Waals surface area (Å²) in [6, 6.07) is 3.10. The number of benzene rings is 1. The van der Waals surface area contributed by atoms with Crippen molar-refractivity contribution in [2.75, 3.05) is 19.1 Å². The number of unbranched alkanes of at least 4 members (excludes halogenated alkanes) is 1. The lowest BCUT2D eigenvalue weighted by Crippen LogP contribution is -2.03. The number of ether oxygens (including phenoxy) is 1. The van der Waals surface area contributed by atoms with E-state index in [1.54, 1.807) is 6.07 Å². The summed E-state index contributed by atoms with van der Waals surface area (Å²) in [5, 5.41) is 0. The molecule has 1 aromatic heterocycles. The van der Waals surface area contributed by atoms with Crippen molar-refractivity contribution in [2.24, 2.45) is 0 Å². The molecular formula is C14H18ClFN2OS. The van der Waals surface area contributed by atoms with Crippen LogP contribution in [-0.4, -0.2) is 28.7 Å². The fraction of sp³-hybridized carbons (Fsp3) is 0.500. The van der Waals surface area contributed by atoms with Crippen LogP contribution in [0.4, 0.5) is 4.39 Å². The number of thioether (sulfide) groups is 1. The maximum Gasteiger partial charge on any atom is 0.167 e. The molecular weight excluding hydrogens is 299 g/mol. The summed E-state index contributed by atoms with van der Waals surface area (Å²) in [4.78, 5) is 4.40. The Bertz CT molecular complexity index is 588. The first kappa shape index (κ1) is 15.4. The Morgan fingerprint density at radius 2 is 2.20 bits per heavy atom. The van der Waals surface area contributed by atoms with Crippen molar-refractivity contribution in [3.8, 4) is 5.75 Å². The number of aromatic nitrogens is 2. The number of imidazole rings is 1. The number of rotatable bonds is 7. The van der Waals surface area contributed by atoms with Gasteiger partial charge < -0.3 is 9.30 Å². The Labute approximate surface area is 127 Å². The zero-order chi connectivity index (χ0) is 14.5. The molecule has 0 N–H and O–H groups in total. The molecule has 0 atom stereocenters. The molecule has 3 nitrogen and oxygen atoms in total. The van der Waals surface area contributed by atoms with Crippen LogP contribution in [0.15, 0.2) is 12.1 Å². The molecule has 0 aliphatic carbocycles. The maximum absolute atomic E-state index is 13.7. The van der Waals surface area contributed by atoms with Crippen molar-refractivity contribution in [1.29, 1.82) is 0 Å². The molecule has 2 rings (SSSR count). The SMILES string of the molecule is COc1cc2c(cc1F)nc(CCl)n2CCCCSC. The minimum absolute atomic E-state index is 0.240. The van der Waals surface area contributed by atoms with Gasteiger partial charge in [0, 0.05) is 18.7 Å². The topological polar surface area (TPSA) is 27.1 Å². The number of aryl methyl sites for hydroxylation is 1. The van der Waals surface area contributed by atoms with Gasteiger partial charge in [0.25, 0.3) is 0 Å². The highest BCUT2D eigenvalue weighted by atomic mass is 35.5. The normalized spacial score (nSPS) is 11.2. The third-order valence-corrected chi connectivity index (χ3v) is 4.14. The molecule has 0 aliphatic rings. The number of alkyl halides is 1. The molecule has 0 saturated heterocycles. The molecule has 0 amide bonds. The fourth-order valence-electron chi connectivity index (χ4n) is 2.20. The highest BCUT2D eigenvalue weighted by Crippen LogP contribution is 2.26. The first-order valence-corrected chi connectivity index (χ1v) is 8.41. The van der Waals surface area contributed by atoms with Gasteiger partial charge in [0.2, 0.25) is 0 Å². The summed E-state index contributed by atoms with van der Waals surface area (Å²) in [6.45, 7) is 0.841. The second-order valence-electron chi connectivity index (χ2n) is 4.49. The number of hydrogen-bond acceptors (Lipinski definition) is 3. The molecule has 0 fully saturated rings. The van der Waals surface area contributed by atoms with Crippen LogP contribution in [0.5, 0.6) is 5.75 Å². The van der Waals surface area contributed by atoms with E-state index in [4.69, 9.17) is 16.3 Å². The Hall–Kier alpha value is -0.940. The predicted octanol–water partition coefficient (Wildman–Crippen LogP) is 4.07. The molecule has 0 bridgehead atoms. The molecule has 0 unspecified atom stereocenters. The number of nitrogens with zero attached hydrogens (tertiary/aromatic N) is 2. The molecule has 6 heteroatoms. The molecule has 2 aromatic rings. The Morgan fingerprint density at radius 3 is 2.85 bits per heavy atom. The van der Waals surface area contributed by atoms with Crippen molar-refractivity contribution >= 4 is 34.4 Å². The van der Waals surface area contributed by atoms with E-state index in [0.29, 0.717) is 11.4 Å². The van der Waals surface area contributed by atoms with Gasteiger partial charge in [-0.15, -0.1) is 11.6 Å². The fourth-order valence-corrected chi connectivity index (χ4v) is 2.90. The molecule has 1 aromatic carbocycles. The van der Waals surface area contributed by atoms with E-state index in [1.165, 1.54) is 13.2 Å². The molecule has 0 aliphatic heterocycles. The molecule has 1 heterocycles. The molecule has 0 saturated carbocycles.